The first-order valence-electron chi connectivity index (χ1n) is 3.60. The van der Waals surface area contributed by atoms with Crippen LogP contribution in [0.5, 0.6) is 0 Å². The van der Waals surface area contributed by atoms with Crippen molar-refractivity contribution in [1.82, 2.24) is 0 Å². The molecule has 0 heterocycles. The minimum Gasteiger partial charge on any atom is -0.369 e. The van der Waals surface area contributed by atoms with Crippen LogP contribution in [0.3, 0.4) is 0 Å². The molecule has 2 N–H and O–H groups in total. The number of Topliss-reactive ketones (excluding diaryl/α,β-unsaturated/α-hetero) is 1. The summed E-state index contributed by atoms with van der Waals surface area (Å²) in [6.07, 6.45) is -6.45. The maximum Gasteiger partial charge on any atom is 0.395 e. The van der Waals surface area contributed by atoms with Crippen molar-refractivity contribution in [2.45, 2.75) is 25.9 Å². The Labute approximate surface area is 73.1 Å². The zero-order valence-corrected chi connectivity index (χ0v) is 7.02. The van der Waals surface area contributed by atoms with Crippen molar-refractivity contribution in [3.63, 3.8) is 0 Å². The number of rotatable bonds is 4. The number of hydrogen-bond donors (Lipinski definition) is 1. The Morgan fingerprint density at radius 1 is 1.38 bits per heavy atom. The molecule has 3 nitrogen and oxygen atoms in total. The molecule has 0 aromatic rings. The number of primary amides is 1. The molecule has 1 atom stereocenters. The number of amides is 1. The minimum atomic E-state index is -4.51. The van der Waals surface area contributed by atoms with Crippen LogP contribution in [0.15, 0.2) is 0 Å². The highest BCUT2D eigenvalue weighted by atomic mass is 19.4. The molecule has 0 radical (unpaired) electrons. The van der Waals surface area contributed by atoms with E-state index in [-0.39, 0.29) is 0 Å². The van der Waals surface area contributed by atoms with Crippen LogP contribution in [0, 0.1) is 5.92 Å². The van der Waals surface area contributed by atoms with Crippen molar-refractivity contribution in [2.75, 3.05) is 0 Å². The Kier molecular flexibility index (Phi) is 3.90. The van der Waals surface area contributed by atoms with Crippen molar-refractivity contribution in [3.8, 4) is 0 Å². The van der Waals surface area contributed by atoms with Gasteiger partial charge in [0.2, 0.25) is 5.91 Å². The fraction of sp³-hybridized carbons (Fsp3) is 0.714. The van der Waals surface area contributed by atoms with E-state index < -0.39 is 36.6 Å². The maximum atomic E-state index is 11.6. The first-order chi connectivity index (χ1) is 5.72. The second-order valence-electron chi connectivity index (χ2n) is 2.84. The summed E-state index contributed by atoms with van der Waals surface area (Å²) in [5, 5.41) is 0. The predicted molar refractivity (Wildman–Crippen MR) is 38.7 cm³/mol. The zero-order valence-electron chi connectivity index (χ0n) is 7.02. The first kappa shape index (κ1) is 11.9. The summed E-state index contributed by atoms with van der Waals surface area (Å²) in [4.78, 5) is 21.0. The van der Waals surface area contributed by atoms with Crippen LogP contribution >= 0.6 is 0 Å². The molecule has 76 valence electrons. The number of nitrogens with two attached hydrogens (primary N) is 1. The Morgan fingerprint density at radius 3 is 2.15 bits per heavy atom. The van der Waals surface area contributed by atoms with Gasteiger partial charge in [0.25, 0.3) is 0 Å². The molecule has 0 rings (SSSR count). The summed E-state index contributed by atoms with van der Waals surface area (Å²) in [5.41, 5.74) is 4.78. The molecular formula is C7H10F3NO2. The van der Waals surface area contributed by atoms with E-state index in [2.05, 4.69) is 0 Å². The molecule has 0 aliphatic rings. The van der Waals surface area contributed by atoms with Crippen molar-refractivity contribution in [1.29, 1.82) is 0 Å². The van der Waals surface area contributed by atoms with Crippen LogP contribution in [-0.2, 0) is 9.59 Å². The van der Waals surface area contributed by atoms with Gasteiger partial charge in [0.05, 0.1) is 0 Å². The van der Waals surface area contributed by atoms with Gasteiger partial charge in [-0.25, -0.2) is 0 Å². The molecule has 0 bridgehead atoms. The number of hydrogen-bond acceptors (Lipinski definition) is 2. The van der Waals surface area contributed by atoms with Gasteiger partial charge in [-0.2, -0.15) is 13.2 Å². The van der Waals surface area contributed by atoms with Gasteiger partial charge in [0, 0.05) is 12.3 Å². The molecule has 0 aromatic heterocycles. The van der Waals surface area contributed by atoms with Gasteiger partial charge in [-0.1, -0.05) is 6.92 Å². The third kappa shape index (κ3) is 6.12. The third-order valence-corrected chi connectivity index (χ3v) is 1.42. The molecule has 0 aliphatic heterocycles. The van der Waals surface area contributed by atoms with Crippen LogP contribution in [0.25, 0.3) is 0 Å². The Hall–Kier alpha value is -1.07. The van der Waals surface area contributed by atoms with Gasteiger partial charge in [0.1, 0.15) is 12.2 Å². The quantitative estimate of drug-likeness (QED) is 0.731. The fourth-order valence-electron chi connectivity index (χ4n) is 0.738. The van der Waals surface area contributed by atoms with E-state index in [9.17, 15) is 22.8 Å². The maximum absolute atomic E-state index is 11.6. The molecule has 0 spiro atoms. The highest BCUT2D eigenvalue weighted by Crippen LogP contribution is 2.21. The number of halogens is 3. The lowest BCUT2D eigenvalue weighted by Crippen LogP contribution is -2.25. The van der Waals surface area contributed by atoms with Crippen molar-refractivity contribution < 1.29 is 22.8 Å². The normalized spacial score (nSPS) is 13.8. The second-order valence-corrected chi connectivity index (χ2v) is 2.84. The number of alkyl halides is 3. The van der Waals surface area contributed by atoms with Gasteiger partial charge in [-0.05, 0) is 0 Å². The van der Waals surface area contributed by atoms with Gasteiger partial charge in [0.15, 0.2) is 0 Å². The van der Waals surface area contributed by atoms with E-state index in [1.165, 1.54) is 6.92 Å². The fourth-order valence-corrected chi connectivity index (χ4v) is 0.738. The van der Waals surface area contributed by atoms with Gasteiger partial charge in [-0.15, -0.1) is 0 Å². The van der Waals surface area contributed by atoms with Crippen LogP contribution in [0.2, 0.25) is 0 Å². The minimum absolute atomic E-state index is 0.450. The van der Waals surface area contributed by atoms with Crippen LogP contribution in [0.1, 0.15) is 19.8 Å². The van der Waals surface area contributed by atoms with Crippen LogP contribution in [-0.4, -0.2) is 17.9 Å². The second kappa shape index (κ2) is 4.25. The topological polar surface area (TPSA) is 60.2 Å². The smallest absolute Gasteiger partial charge is 0.369 e. The van der Waals surface area contributed by atoms with E-state index in [0.717, 1.165) is 0 Å². The van der Waals surface area contributed by atoms with E-state index in [0.29, 0.717) is 0 Å². The van der Waals surface area contributed by atoms with Crippen LogP contribution < -0.4 is 5.73 Å². The Balaban J connectivity index is 3.96. The standard InChI is InChI=1S/C7H10F3NO2/c1-4(6(11)13)2-5(12)3-7(8,9)10/h4H,2-3H2,1H3,(H2,11,13)/t4-/m1/s1. The SMILES string of the molecule is C[C@H](CC(=O)CC(F)(F)F)C(N)=O. The number of carbonyl (C=O) groups is 2. The monoisotopic (exact) mass is 197 g/mol. The molecule has 13 heavy (non-hydrogen) atoms. The summed E-state index contributed by atoms with van der Waals surface area (Å²) in [7, 11) is 0. The average Bonchev–Trinajstić information content (AvgIpc) is 1.81. The lowest BCUT2D eigenvalue weighted by atomic mass is 10.0. The highest BCUT2D eigenvalue weighted by Gasteiger charge is 2.31. The summed E-state index contributed by atoms with van der Waals surface area (Å²) >= 11 is 0. The molecule has 0 fully saturated rings. The van der Waals surface area contributed by atoms with Crippen molar-refractivity contribution in [3.05, 3.63) is 0 Å². The molecule has 0 aromatic carbocycles. The largest absolute Gasteiger partial charge is 0.395 e. The lowest BCUT2D eigenvalue weighted by Gasteiger charge is -2.07. The van der Waals surface area contributed by atoms with E-state index in [1.54, 1.807) is 0 Å². The van der Waals surface area contributed by atoms with Crippen molar-refractivity contribution >= 4 is 11.7 Å². The van der Waals surface area contributed by atoms with Gasteiger partial charge in [-0.3, -0.25) is 9.59 Å². The highest BCUT2D eigenvalue weighted by molar-refractivity contribution is 5.86. The van der Waals surface area contributed by atoms with Crippen molar-refractivity contribution in [2.24, 2.45) is 11.7 Å². The number of ketones is 1. The Bertz CT molecular complexity index is 212. The summed E-state index contributed by atoms with van der Waals surface area (Å²) in [5.74, 6) is -2.62. The summed E-state index contributed by atoms with van der Waals surface area (Å²) in [6, 6.07) is 0. The van der Waals surface area contributed by atoms with Crippen LogP contribution in [0.4, 0.5) is 13.2 Å². The zero-order chi connectivity index (χ0) is 10.6. The molecule has 1 amide bonds. The predicted octanol–water partition coefficient (Wildman–Crippen LogP) is 1.02. The van der Waals surface area contributed by atoms with E-state index in [1.807, 2.05) is 0 Å². The number of carbonyl (C=O) groups excluding carboxylic acids is 2. The summed E-state index contributed by atoms with van der Waals surface area (Å²) in [6.45, 7) is 1.32. The van der Waals surface area contributed by atoms with Gasteiger partial charge < -0.3 is 5.73 Å². The first-order valence-corrected chi connectivity index (χ1v) is 3.60. The molecule has 0 aliphatic carbocycles. The lowest BCUT2D eigenvalue weighted by molar-refractivity contribution is -0.153. The molecule has 0 unspecified atom stereocenters. The van der Waals surface area contributed by atoms with E-state index in [4.69, 9.17) is 5.73 Å². The molecule has 0 saturated carbocycles. The third-order valence-electron chi connectivity index (χ3n) is 1.42. The summed E-state index contributed by atoms with van der Waals surface area (Å²) < 4.78 is 34.9. The van der Waals surface area contributed by atoms with Gasteiger partial charge >= 0.3 is 6.18 Å². The molecule has 6 heteroatoms. The molecule has 0 saturated heterocycles. The molecular weight excluding hydrogens is 187 g/mol. The Morgan fingerprint density at radius 2 is 1.85 bits per heavy atom. The van der Waals surface area contributed by atoms with E-state index >= 15 is 0 Å². The average molecular weight is 197 g/mol.